The molecule has 110 valence electrons. The standard InChI is InChI=1S/C17H25BrN2/c18-15-8-7-14(9-10-19)17(12-15)20-11-3-5-13-4-1-2-6-16(13)20/h7-8,12-13,16H,1-6,9-11,19H2. The van der Waals surface area contributed by atoms with Crippen molar-refractivity contribution in [3.05, 3.63) is 28.2 Å². The highest BCUT2D eigenvalue weighted by Crippen LogP contribution is 2.39. The van der Waals surface area contributed by atoms with Gasteiger partial charge in [-0.15, -0.1) is 0 Å². The molecule has 2 nitrogen and oxygen atoms in total. The number of fused-ring (bicyclic) bond motifs is 1. The summed E-state index contributed by atoms with van der Waals surface area (Å²) in [5, 5.41) is 0. The maximum atomic E-state index is 5.80. The number of halogens is 1. The summed E-state index contributed by atoms with van der Waals surface area (Å²) in [6.45, 7) is 1.95. The number of hydrogen-bond donors (Lipinski definition) is 1. The fourth-order valence-electron chi connectivity index (χ4n) is 4.10. The zero-order valence-electron chi connectivity index (χ0n) is 12.2. The lowest BCUT2D eigenvalue weighted by atomic mass is 9.78. The van der Waals surface area contributed by atoms with E-state index in [1.807, 2.05) is 0 Å². The Bertz CT molecular complexity index is 458. The SMILES string of the molecule is NCCc1ccc(Br)cc1N1CCCC2CCCCC21. The third kappa shape index (κ3) is 2.89. The Morgan fingerprint density at radius 2 is 1.95 bits per heavy atom. The molecule has 0 bridgehead atoms. The fourth-order valence-corrected chi connectivity index (χ4v) is 4.44. The van der Waals surface area contributed by atoms with E-state index in [4.69, 9.17) is 5.73 Å². The van der Waals surface area contributed by atoms with Crippen molar-refractivity contribution >= 4 is 21.6 Å². The highest BCUT2D eigenvalue weighted by molar-refractivity contribution is 9.10. The van der Waals surface area contributed by atoms with Gasteiger partial charge in [0.05, 0.1) is 0 Å². The molecule has 2 N–H and O–H groups in total. The average Bonchev–Trinajstić information content (AvgIpc) is 2.49. The van der Waals surface area contributed by atoms with Crippen LogP contribution in [0.3, 0.4) is 0 Å². The molecule has 1 saturated carbocycles. The van der Waals surface area contributed by atoms with E-state index in [0.29, 0.717) is 0 Å². The molecule has 2 fully saturated rings. The number of nitrogens with zero attached hydrogens (tertiary/aromatic N) is 1. The van der Waals surface area contributed by atoms with Crippen LogP contribution in [0.2, 0.25) is 0 Å². The van der Waals surface area contributed by atoms with E-state index in [2.05, 4.69) is 39.0 Å². The van der Waals surface area contributed by atoms with Gasteiger partial charge in [0.1, 0.15) is 0 Å². The summed E-state index contributed by atoms with van der Waals surface area (Å²) in [6, 6.07) is 7.47. The van der Waals surface area contributed by atoms with Gasteiger partial charge in [0.25, 0.3) is 0 Å². The molecule has 1 aromatic carbocycles. The average molecular weight is 337 g/mol. The lowest BCUT2D eigenvalue weighted by Gasteiger charge is -2.46. The molecule has 1 aliphatic carbocycles. The molecule has 1 aromatic rings. The topological polar surface area (TPSA) is 29.3 Å². The zero-order chi connectivity index (χ0) is 13.9. The van der Waals surface area contributed by atoms with Gasteiger partial charge in [-0.3, -0.25) is 0 Å². The Labute approximate surface area is 130 Å². The van der Waals surface area contributed by atoms with Crippen molar-refractivity contribution in [1.82, 2.24) is 0 Å². The van der Waals surface area contributed by atoms with E-state index < -0.39 is 0 Å². The Kier molecular flexibility index (Phi) is 4.67. The minimum Gasteiger partial charge on any atom is -0.368 e. The predicted octanol–water partition coefficient (Wildman–Crippen LogP) is 4.11. The lowest BCUT2D eigenvalue weighted by molar-refractivity contribution is 0.243. The molecule has 2 unspecified atom stereocenters. The highest BCUT2D eigenvalue weighted by Gasteiger charge is 2.33. The molecular weight excluding hydrogens is 312 g/mol. The van der Waals surface area contributed by atoms with Gasteiger partial charge in [0.15, 0.2) is 0 Å². The minimum atomic E-state index is 0.733. The van der Waals surface area contributed by atoms with Crippen molar-refractivity contribution in [2.75, 3.05) is 18.0 Å². The molecule has 1 heterocycles. The van der Waals surface area contributed by atoms with Crippen molar-refractivity contribution in [2.45, 2.75) is 51.0 Å². The number of benzene rings is 1. The van der Waals surface area contributed by atoms with Crippen LogP contribution in [0, 0.1) is 5.92 Å². The molecule has 20 heavy (non-hydrogen) atoms. The van der Waals surface area contributed by atoms with Crippen molar-refractivity contribution < 1.29 is 0 Å². The van der Waals surface area contributed by atoms with Gasteiger partial charge in [0, 0.05) is 22.7 Å². The quantitative estimate of drug-likeness (QED) is 0.899. The van der Waals surface area contributed by atoms with E-state index >= 15 is 0 Å². The molecule has 1 saturated heterocycles. The van der Waals surface area contributed by atoms with Crippen LogP contribution in [0.4, 0.5) is 5.69 Å². The summed E-state index contributed by atoms with van der Waals surface area (Å²) >= 11 is 3.64. The first-order valence-electron chi connectivity index (χ1n) is 8.04. The van der Waals surface area contributed by atoms with E-state index in [1.54, 1.807) is 0 Å². The second kappa shape index (κ2) is 6.48. The molecule has 2 aliphatic rings. The van der Waals surface area contributed by atoms with Gasteiger partial charge in [-0.2, -0.15) is 0 Å². The van der Waals surface area contributed by atoms with Gasteiger partial charge in [0.2, 0.25) is 0 Å². The number of nitrogens with two attached hydrogens (primary N) is 1. The Balaban J connectivity index is 1.91. The second-order valence-corrected chi connectivity index (χ2v) is 7.17. The van der Waals surface area contributed by atoms with E-state index in [1.165, 1.54) is 60.8 Å². The first-order chi connectivity index (χ1) is 9.79. The molecule has 1 aliphatic heterocycles. The smallest absolute Gasteiger partial charge is 0.0413 e. The molecule has 3 rings (SSSR count). The monoisotopic (exact) mass is 336 g/mol. The van der Waals surface area contributed by atoms with Crippen molar-refractivity contribution in [3.8, 4) is 0 Å². The van der Waals surface area contributed by atoms with Crippen molar-refractivity contribution in [3.63, 3.8) is 0 Å². The Morgan fingerprint density at radius 1 is 1.15 bits per heavy atom. The normalized spacial score (nSPS) is 26.4. The van der Waals surface area contributed by atoms with E-state index in [-0.39, 0.29) is 0 Å². The third-order valence-corrected chi connectivity index (χ3v) is 5.51. The predicted molar refractivity (Wildman–Crippen MR) is 89.2 cm³/mol. The Morgan fingerprint density at radius 3 is 2.80 bits per heavy atom. The molecular formula is C17H25BrN2. The van der Waals surface area contributed by atoms with Crippen molar-refractivity contribution in [1.29, 1.82) is 0 Å². The summed E-state index contributed by atoms with van der Waals surface area (Å²) in [7, 11) is 0. The van der Waals surface area contributed by atoms with Crippen LogP contribution in [0.1, 0.15) is 44.1 Å². The second-order valence-electron chi connectivity index (χ2n) is 6.26. The largest absolute Gasteiger partial charge is 0.368 e. The summed E-state index contributed by atoms with van der Waals surface area (Å²) in [6.07, 6.45) is 9.40. The molecule has 0 aromatic heterocycles. The maximum absolute atomic E-state index is 5.80. The summed E-state index contributed by atoms with van der Waals surface area (Å²) in [4.78, 5) is 2.70. The minimum absolute atomic E-state index is 0.733. The molecule has 2 atom stereocenters. The van der Waals surface area contributed by atoms with Crippen LogP contribution >= 0.6 is 15.9 Å². The highest BCUT2D eigenvalue weighted by atomic mass is 79.9. The Hall–Kier alpha value is -0.540. The van der Waals surface area contributed by atoms with Gasteiger partial charge in [-0.1, -0.05) is 34.8 Å². The van der Waals surface area contributed by atoms with Gasteiger partial charge in [-0.05, 0) is 62.3 Å². The number of hydrogen-bond acceptors (Lipinski definition) is 2. The first-order valence-corrected chi connectivity index (χ1v) is 8.84. The van der Waals surface area contributed by atoms with E-state index in [0.717, 1.165) is 24.9 Å². The number of anilines is 1. The van der Waals surface area contributed by atoms with Gasteiger partial charge >= 0.3 is 0 Å². The fraction of sp³-hybridized carbons (Fsp3) is 0.647. The molecule has 3 heteroatoms. The summed E-state index contributed by atoms with van der Waals surface area (Å²) < 4.78 is 1.19. The first kappa shape index (κ1) is 14.4. The summed E-state index contributed by atoms with van der Waals surface area (Å²) in [5.74, 6) is 0.919. The van der Waals surface area contributed by atoms with Crippen LogP contribution < -0.4 is 10.6 Å². The van der Waals surface area contributed by atoms with Gasteiger partial charge < -0.3 is 10.6 Å². The third-order valence-electron chi connectivity index (χ3n) is 5.01. The zero-order valence-corrected chi connectivity index (χ0v) is 13.7. The van der Waals surface area contributed by atoms with Crippen LogP contribution in [-0.2, 0) is 6.42 Å². The van der Waals surface area contributed by atoms with Crippen LogP contribution in [-0.4, -0.2) is 19.1 Å². The molecule has 0 spiro atoms. The van der Waals surface area contributed by atoms with E-state index in [9.17, 15) is 0 Å². The lowest BCUT2D eigenvalue weighted by Crippen LogP contribution is -2.47. The van der Waals surface area contributed by atoms with Crippen LogP contribution in [0.25, 0.3) is 0 Å². The molecule has 0 amide bonds. The number of piperidine rings is 1. The number of rotatable bonds is 3. The summed E-state index contributed by atoms with van der Waals surface area (Å²) in [5.41, 5.74) is 8.65. The van der Waals surface area contributed by atoms with Crippen LogP contribution in [0.5, 0.6) is 0 Å². The molecule has 0 radical (unpaired) electrons. The maximum Gasteiger partial charge on any atom is 0.0413 e. The van der Waals surface area contributed by atoms with Crippen molar-refractivity contribution in [2.24, 2.45) is 11.7 Å². The van der Waals surface area contributed by atoms with Gasteiger partial charge in [-0.25, -0.2) is 0 Å². The van der Waals surface area contributed by atoms with Crippen LogP contribution in [0.15, 0.2) is 22.7 Å².